The van der Waals surface area contributed by atoms with E-state index in [4.69, 9.17) is 0 Å². The molecule has 6 nitrogen and oxygen atoms in total. The third-order valence-corrected chi connectivity index (χ3v) is 4.10. The number of nitrogens with one attached hydrogen (secondary N) is 1. The number of carbonyl (C=O) groups is 2. The lowest BCUT2D eigenvalue weighted by atomic mass is 10.1. The van der Waals surface area contributed by atoms with E-state index in [-0.39, 0.29) is 17.7 Å². The van der Waals surface area contributed by atoms with Gasteiger partial charge in [0.1, 0.15) is 5.82 Å². The molecule has 0 saturated carbocycles. The van der Waals surface area contributed by atoms with E-state index in [2.05, 4.69) is 29.0 Å². The van der Waals surface area contributed by atoms with Crippen LogP contribution < -0.4 is 10.2 Å². The smallest absolute Gasteiger partial charge is 0.225 e. The number of likely N-dealkylation sites (tertiary alicyclic amines) is 1. The van der Waals surface area contributed by atoms with Crippen LogP contribution >= 0.6 is 0 Å². The molecular formula is C16H24N4O2. The number of hydrogen-bond donors (Lipinski definition) is 1. The summed E-state index contributed by atoms with van der Waals surface area (Å²) in [5, 5.41) is 2.94. The molecule has 0 aliphatic carbocycles. The number of amides is 2. The highest BCUT2D eigenvalue weighted by Gasteiger charge is 2.31. The van der Waals surface area contributed by atoms with Crippen molar-refractivity contribution in [3.05, 3.63) is 23.9 Å². The fourth-order valence-electron chi connectivity index (χ4n) is 2.74. The third-order valence-electron chi connectivity index (χ3n) is 4.10. The van der Waals surface area contributed by atoms with E-state index in [0.717, 1.165) is 24.5 Å². The Hall–Kier alpha value is -2.11. The molecule has 22 heavy (non-hydrogen) atoms. The zero-order valence-electron chi connectivity index (χ0n) is 13.5. The van der Waals surface area contributed by atoms with Crippen molar-refractivity contribution in [2.45, 2.75) is 26.8 Å². The fraction of sp³-hybridized carbons (Fsp3) is 0.562. The van der Waals surface area contributed by atoms with Crippen LogP contribution in [0.1, 0.15) is 25.8 Å². The molecule has 0 spiro atoms. The Labute approximate surface area is 131 Å². The van der Waals surface area contributed by atoms with E-state index in [0.29, 0.717) is 19.5 Å². The van der Waals surface area contributed by atoms with Gasteiger partial charge in [-0.2, -0.15) is 0 Å². The van der Waals surface area contributed by atoms with Crippen LogP contribution in [0.2, 0.25) is 0 Å². The van der Waals surface area contributed by atoms with Crippen LogP contribution in [0.15, 0.2) is 18.3 Å². The number of hydrogen-bond acceptors (Lipinski definition) is 4. The molecule has 1 aliphatic heterocycles. The summed E-state index contributed by atoms with van der Waals surface area (Å²) < 4.78 is 0. The van der Waals surface area contributed by atoms with Gasteiger partial charge < -0.3 is 15.1 Å². The first kappa shape index (κ1) is 16.3. The molecule has 2 heterocycles. The molecule has 120 valence electrons. The highest BCUT2D eigenvalue weighted by Crippen LogP contribution is 2.18. The van der Waals surface area contributed by atoms with Gasteiger partial charge in [-0.1, -0.05) is 6.07 Å². The zero-order chi connectivity index (χ0) is 16.1. The van der Waals surface area contributed by atoms with E-state index >= 15 is 0 Å². The van der Waals surface area contributed by atoms with Crippen LogP contribution in [0.3, 0.4) is 0 Å². The summed E-state index contributed by atoms with van der Waals surface area (Å²) >= 11 is 0. The van der Waals surface area contributed by atoms with E-state index in [1.807, 2.05) is 12.1 Å². The third kappa shape index (κ3) is 3.55. The van der Waals surface area contributed by atoms with Gasteiger partial charge >= 0.3 is 0 Å². The van der Waals surface area contributed by atoms with Crippen LogP contribution in [0, 0.1) is 5.92 Å². The van der Waals surface area contributed by atoms with Crippen LogP contribution in [0.4, 0.5) is 5.82 Å². The van der Waals surface area contributed by atoms with E-state index < -0.39 is 0 Å². The topological polar surface area (TPSA) is 65.5 Å². The normalized spacial score (nSPS) is 17.7. The first-order valence-electron chi connectivity index (χ1n) is 7.77. The number of nitrogens with zero attached hydrogens (tertiary/aromatic N) is 3. The predicted molar refractivity (Wildman–Crippen MR) is 85.4 cm³/mol. The Bertz CT molecular complexity index is 543. The molecule has 2 rings (SSSR count). The lowest BCUT2D eigenvalue weighted by Gasteiger charge is -2.23. The maximum Gasteiger partial charge on any atom is 0.225 e. The van der Waals surface area contributed by atoms with Crippen molar-refractivity contribution in [1.82, 2.24) is 15.2 Å². The van der Waals surface area contributed by atoms with Crippen LogP contribution in [-0.4, -0.2) is 48.4 Å². The largest absolute Gasteiger partial charge is 0.357 e. The van der Waals surface area contributed by atoms with Crippen molar-refractivity contribution in [2.24, 2.45) is 5.92 Å². The molecule has 0 bridgehead atoms. The molecule has 6 heteroatoms. The lowest BCUT2D eigenvalue weighted by molar-refractivity contribution is -0.128. The molecule has 0 aromatic carbocycles. The minimum atomic E-state index is -0.244. The highest BCUT2D eigenvalue weighted by molar-refractivity contribution is 5.89. The molecule has 1 aliphatic rings. The molecule has 1 fully saturated rings. The molecule has 1 aromatic heterocycles. The molecule has 1 atom stereocenters. The summed E-state index contributed by atoms with van der Waals surface area (Å²) in [4.78, 5) is 31.9. The van der Waals surface area contributed by atoms with Gasteiger partial charge in [-0.05, 0) is 19.9 Å². The number of rotatable bonds is 6. The second kappa shape index (κ2) is 7.24. The molecule has 1 saturated heterocycles. The second-order valence-electron chi connectivity index (χ2n) is 5.55. The number of aromatic nitrogens is 1. The number of pyridine rings is 1. The summed E-state index contributed by atoms with van der Waals surface area (Å²) in [6.45, 7) is 6.85. The predicted octanol–water partition coefficient (Wildman–Crippen LogP) is 1.02. The second-order valence-corrected chi connectivity index (χ2v) is 5.55. The number of anilines is 1. The average molecular weight is 304 g/mol. The minimum Gasteiger partial charge on any atom is -0.357 e. The summed E-state index contributed by atoms with van der Waals surface area (Å²) in [6.07, 6.45) is 2.07. The van der Waals surface area contributed by atoms with Gasteiger partial charge in [0.25, 0.3) is 0 Å². The van der Waals surface area contributed by atoms with Crippen molar-refractivity contribution in [3.8, 4) is 0 Å². The van der Waals surface area contributed by atoms with Crippen molar-refractivity contribution in [2.75, 3.05) is 31.6 Å². The van der Waals surface area contributed by atoms with E-state index in [1.165, 1.54) is 0 Å². The van der Waals surface area contributed by atoms with Gasteiger partial charge in [-0.3, -0.25) is 9.59 Å². The lowest BCUT2D eigenvalue weighted by Crippen LogP contribution is -2.33. The molecule has 2 amide bonds. The summed E-state index contributed by atoms with van der Waals surface area (Å²) in [5.74, 6) is 0.635. The highest BCUT2D eigenvalue weighted by atomic mass is 16.2. The maximum atomic E-state index is 12.2. The monoisotopic (exact) mass is 304 g/mol. The fourth-order valence-corrected chi connectivity index (χ4v) is 2.74. The van der Waals surface area contributed by atoms with Gasteiger partial charge in [0.2, 0.25) is 11.8 Å². The summed E-state index contributed by atoms with van der Waals surface area (Å²) in [6, 6.07) is 3.86. The van der Waals surface area contributed by atoms with Gasteiger partial charge in [0, 0.05) is 51.4 Å². The standard InChI is InChI=1S/C16H24N4O2/c1-4-20(5-2)15-12(7-6-8-17-15)10-18-16(22)13-9-14(21)19(3)11-13/h6-8,13H,4-5,9-11H2,1-3H3,(H,18,22). The van der Waals surface area contributed by atoms with Crippen LogP contribution in [0.5, 0.6) is 0 Å². The average Bonchev–Trinajstić information content (AvgIpc) is 2.87. The van der Waals surface area contributed by atoms with Crippen molar-refractivity contribution in [1.29, 1.82) is 0 Å². The quantitative estimate of drug-likeness (QED) is 0.852. The van der Waals surface area contributed by atoms with E-state index in [9.17, 15) is 9.59 Å². The Kier molecular flexibility index (Phi) is 5.35. The van der Waals surface area contributed by atoms with E-state index in [1.54, 1.807) is 18.1 Å². The number of carbonyl (C=O) groups excluding carboxylic acids is 2. The van der Waals surface area contributed by atoms with Crippen molar-refractivity contribution < 1.29 is 9.59 Å². The SMILES string of the molecule is CCN(CC)c1ncccc1CNC(=O)C1CC(=O)N(C)C1. The summed E-state index contributed by atoms with van der Waals surface area (Å²) in [7, 11) is 1.73. The molecule has 0 radical (unpaired) electrons. The van der Waals surface area contributed by atoms with Gasteiger partial charge in [-0.25, -0.2) is 4.98 Å². The minimum absolute atomic E-state index is 0.0327. The zero-order valence-corrected chi connectivity index (χ0v) is 13.5. The first-order valence-corrected chi connectivity index (χ1v) is 7.77. The molecule has 1 N–H and O–H groups in total. The van der Waals surface area contributed by atoms with Crippen LogP contribution in [0.25, 0.3) is 0 Å². The maximum absolute atomic E-state index is 12.2. The Morgan fingerprint density at radius 2 is 2.18 bits per heavy atom. The Balaban J connectivity index is 2.00. The Morgan fingerprint density at radius 1 is 1.45 bits per heavy atom. The molecule has 1 aromatic rings. The summed E-state index contributed by atoms with van der Waals surface area (Å²) in [5.41, 5.74) is 0.997. The van der Waals surface area contributed by atoms with Gasteiger partial charge in [0.15, 0.2) is 0 Å². The molecular weight excluding hydrogens is 280 g/mol. The Morgan fingerprint density at radius 3 is 2.77 bits per heavy atom. The van der Waals surface area contributed by atoms with Crippen LogP contribution in [-0.2, 0) is 16.1 Å². The van der Waals surface area contributed by atoms with Gasteiger partial charge in [0.05, 0.1) is 5.92 Å². The van der Waals surface area contributed by atoms with Gasteiger partial charge in [-0.15, -0.1) is 0 Å². The first-order chi connectivity index (χ1) is 10.6. The van der Waals surface area contributed by atoms with Crippen molar-refractivity contribution >= 4 is 17.6 Å². The van der Waals surface area contributed by atoms with Crippen molar-refractivity contribution in [3.63, 3.8) is 0 Å². The molecule has 1 unspecified atom stereocenters.